The van der Waals surface area contributed by atoms with Gasteiger partial charge in [0.1, 0.15) is 5.75 Å². The fourth-order valence-corrected chi connectivity index (χ4v) is 2.79. The zero-order chi connectivity index (χ0) is 21.8. The van der Waals surface area contributed by atoms with E-state index in [2.05, 4.69) is 4.99 Å². The molecule has 0 aromatic heterocycles. The predicted octanol–water partition coefficient (Wildman–Crippen LogP) is 4.16. The smallest absolute Gasteiger partial charge is 0.363 e. The van der Waals surface area contributed by atoms with Crippen LogP contribution in [0.5, 0.6) is 5.75 Å². The van der Waals surface area contributed by atoms with Crippen molar-refractivity contribution in [2.24, 2.45) is 4.99 Å². The van der Waals surface area contributed by atoms with Gasteiger partial charge in [-0.15, -0.1) is 0 Å². The predicted molar refractivity (Wildman–Crippen MR) is 112 cm³/mol. The molecule has 0 N–H and O–H groups in total. The molecule has 152 valence electrons. The minimum atomic E-state index is -0.641. The molecule has 31 heavy (non-hydrogen) atoms. The maximum atomic E-state index is 12.2. The second-order valence-electron chi connectivity index (χ2n) is 6.46. The summed E-state index contributed by atoms with van der Waals surface area (Å²) in [6, 6.07) is 20.7. The van der Waals surface area contributed by atoms with Crippen LogP contribution in [0, 0.1) is 10.1 Å². The molecule has 0 radical (unpaired) electrons. The Balaban J connectivity index is 1.45. The van der Waals surface area contributed by atoms with Gasteiger partial charge in [0, 0.05) is 17.7 Å². The van der Waals surface area contributed by atoms with Gasteiger partial charge in [-0.1, -0.05) is 30.3 Å². The monoisotopic (exact) mass is 414 g/mol. The number of esters is 2. The van der Waals surface area contributed by atoms with Gasteiger partial charge in [-0.2, -0.15) is 0 Å². The molecule has 0 bridgehead atoms. The summed E-state index contributed by atoms with van der Waals surface area (Å²) in [6.45, 7) is 0. The van der Waals surface area contributed by atoms with Crippen molar-refractivity contribution in [3.8, 4) is 5.75 Å². The fraction of sp³-hybridized carbons (Fsp3) is 0. The van der Waals surface area contributed by atoms with Crippen LogP contribution < -0.4 is 4.74 Å². The van der Waals surface area contributed by atoms with Crippen molar-refractivity contribution < 1.29 is 24.0 Å². The van der Waals surface area contributed by atoms with Crippen LogP contribution in [0.4, 0.5) is 5.69 Å². The fourth-order valence-electron chi connectivity index (χ4n) is 2.79. The summed E-state index contributed by atoms with van der Waals surface area (Å²) in [6.07, 6.45) is 1.57. The number of rotatable bonds is 5. The van der Waals surface area contributed by atoms with Gasteiger partial charge in [0.25, 0.3) is 5.69 Å². The third kappa shape index (κ3) is 4.54. The largest absolute Gasteiger partial charge is 0.423 e. The van der Waals surface area contributed by atoms with Crippen molar-refractivity contribution in [3.05, 3.63) is 111 Å². The number of cyclic esters (lactones) is 1. The van der Waals surface area contributed by atoms with Crippen LogP contribution in [0.15, 0.2) is 89.6 Å². The SMILES string of the molecule is O=C1OC(c2ccccc2)=NC1=Cc1ccc(OC(=O)c2ccc([N+](=O)[O-])cc2)cc1. The van der Waals surface area contributed by atoms with E-state index in [0.29, 0.717) is 11.1 Å². The zero-order valence-corrected chi connectivity index (χ0v) is 15.9. The van der Waals surface area contributed by atoms with E-state index in [4.69, 9.17) is 9.47 Å². The van der Waals surface area contributed by atoms with E-state index in [1.807, 2.05) is 18.2 Å². The first kappa shape index (κ1) is 19.7. The first-order valence-corrected chi connectivity index (χ1v) is 9.14. The number of hydrogen-bond donors (Lipinski definition) is 0. The minimum absolute atomic E-state index is 0.113. The first-order chi connectivity index (χ1) is 15.0. The van der Waals surface area contributed by atoms with E-state index < -0.39 is 16.9 Å². The molecule has 0 unspecified atom stereocenters. The second-order valence-corrected chi connectivity index (χ2v) is 6.46. The number of nitro benzene ring substituents is 1. The Kier molecular flexibility index (Phi) is 5.35. The van der Waals surface area contributed by atoms with Gasteiger partial charge in [0.15, 0.2) is 5.70 Å². The molecule has 0 spiro atoms. The summed E-state index contributed by atoms with van der Waals surface area (Å²) >= 11 is 0. The lowest BCUT2D eigenvalue weighted by Gasteiger charge is -2.04. The minimum Gasteiger partial charge on any atom is -0.423 e. The standard InChI is InChI=1S/C23H14N2O6/c26-22(17-8-10-18(11-9-17)25(28)29)30-19-12-6-15(7-13-19)14-20-23(27)31-21(24-20)16-4-2-1-3-5-16/h1-14H. The van der Waals surface area contributed by atoms with E-state index >= 15 is 0 Å². The zero-order valence-electron chi connectivity index (χ0n) is 15.9. The molecule has 0 atom stereocenters. The third-order valence-corrected chi connectivity index (χ3v) is 4.35. The quantitative estimate of drug-likeness (QED) is 0.204. The van der Waals surface area contributed by atoms with Crippen LogP contribution in [0.3, 0.4) is 0 Å². The topological polar surface area (TPSA) is 108 Å². The van der Waals surface area contributed by atoms with Gasteiger partial charge in [0.05, 0.1) is 10.5 Å². The van der Waals surface area contributed by atoms with Crippen LogP contribution in [-0.2, 0) is 9.53 Å². The number of non-ortho nitro benzene ring substituents is 1. The Labute approximate surface area is 176 Å². The van der Waals surface area contributed by atoms with Gasteiger partial charge >= 0.3 is 11.9 Å². The number of nitro groups is 1. The molecule has 0 saturated carbocycles. The van der Waals surface area contributed by atoms with Crippen molar-refractivity contribution in [2.75, 3.05) is 0 Å². The molecule has 0 fully saturated rings. The van der Waals surface area contributed by atoms with Crippen LogP contribution in [0.1, 0.15) is 21.5 Å². The number of nitrogens with zero attached hydrogens (tertiary/aromatic N) is 2. The number of ether oxygens (including phenoxy) is 2. The summed E-state index contributed by atoms with van der Waals surface area (Å²) in [5.74, 6) is -0.663. The van der Waals surface area contributed by atoms with Crippen molar-refractivity contribution in [1.82, 2.24) is 0 Å². The van der Waals surface area contributed by atoms with Crippen molar-refractivity contribution in [2.45, 2.75) is 0 Å². The van der Waals surface area contributed by atoms with Crippen LogP contribution in [-0.4, -0.2) is 22.8 Å². The highest BCUT2D eigenvalue weighted by atomic mass is 16.6. The lowest BCUT2D eigenvalue weighted by molar-refractivity contribution is -0.384. The summed E-state index contributed by atoms with van der Waals surface area (Å²) in [5.41, 5.74) is 1.60. The summed E-state index contributed by atoms with van der Waals surface area (Å²) in [7, 11) is 0. The number of aliphatic imine (C=N–C) groups is 1. The Morgan fingerprint density at radius 1 is 0.968 bits per heavy atom. The average molecular weight is 414 g/mol. The summed E-state index contributed by atoms with van der Waals surface area (Å²) in [5, 5.41) is 10.7. The summed E-state index contributed by atoms with van der Waals surface area (Å²) in [4.78, 5) is 38.6. The molecular weight excluding hydrogens is 400 g/mol. The Morgan fingerprint density at radius 3 is 2.29 bits per heavy atom. The maximum Gasteiger partial charge on any atom is 0.363 e. The number of hydrogen-bond acceptors (Lipinski definition) is 7. The molecular formula is C23H14N2O6. The molecule has 1 aliphatic rings. The highest BCUT2D eigenvalue weighted by molar-refractivity contribution is 6.12. The maximum absolute atomic E-state index is 12.2. The molecule has 1 heterocycles. The number of carbonyl (C=O) groups is 2. The molecule has 0 aliphatic carbocycles. The van der Waals surface area contributed by atoms with Crippen molar-refractivity contribution >= 4 is 29.6 Å². The average Bonchev–Trinajstić information content (AvgIpc) is 3.16. The molecule has 8 nitrogen and oxygen atoms in total. The number of benzene rings is 3. The van der Waals surface area contributed by atoms with E-state index in [1.54, 1.807) is 42.5 Å². The van der Waals surface area contributed by atoms with Gasteiger partial charge in [-0.05, 0) is 48.0 Å². The van der Waals surface area contributed by atoms with Crippen molar-refractivity contribution in [1.29, 1.82) is 0 Å². The van der Waals surface area contributed by atoms with E-state index in [9.17, 15) is 19.7 Å². The third-order valence-electron chi connectivity index (χ3n) is 4.35. The van der Waals surface area contributed by atoms with E-state index in [0.717, 1.165) is 0 Å². The molecule has 0 saturated heterocycles. The normalized spacial score (nSPS) is 14.1. The van der Waals surface area contributed by atoms with Gasteiger partial charge in [-0.25, -0.2) is 14.6 Å². The van der Waals surface area contributed by atoms with Crippen LogP contribution in [0.2, 0.25) is 0 Å². The molecule has 0 amide bonds. The van der Waals surface area contributed by atoms with Gasteiger partial charge < -0.3 is 9.47 Å². The molecule has 1 aliphatic heterocycles. The summed E-state index contributed by atoms with van der Waals surface area (Å²) < 4.78 is 10.5. The molecule has 8 heteroatoms. The lowest BCUT2D eigenvalue weighted by Crippen LogP contribution is -2.08. The van der Waals surface area contributed by atoms with Gasteiger partial charge in [-0.3, -0.25) is 10.1 Å². The Bertz CT molecular complexity index is 1210. The molecule has 3 aromatic carbocycles. The van der Waals surface area contributed by atoms with Crippen LogP contribution in [0.25, 0.3) is 6.08 Å². The Hall–Kier alpha value is -4.59. The van der Waals surface area contributed by atoms with Gasteiger partial charge in [0.2, 0.25) is 5.90 Å². The Morgan fingerprint density at radius 2 is 1.65 bits per heavy atom. The van der Waals surface area contributed by atoms with Crippen LogP contribution >= 0.6 is 0 Å². The molecule has 4 rings (SSSR count). The highest BCUT2D eigenvalue weighted by Gasteiger charge is 2.23. The van der Waals surface area contributed by atoms with Crippen molar-refractivity contribution in [3.63, 3.8) is 0 Å². The second kappa shape index (κ2) is 8.42. The highest BCUT2D eigenvalue weighted by Crippen LogP contribution is 2.21. The van der Waals surface area contributed by atoms with E-state index in [-0.39, 0.29) is 28.6 Å². The van der Waals surface area contributed by atoms with E-state index in [1.165, 1.54) is 24.3 Å². The first-order valence-electron chi connectivity index (χ1n) is 9.14. The lowest BCUT2D eigenvalue weighted by atomic mass is 10.2. The number of carbonyl (C=O) groups excluding carboxylic acids is 2. The molecule has 3 aromatic rings.